The molecule has 0 atom stereocenters. The second kappa shape index (κ2) is 7.48. The summed E-state index contributed by atoms with van der Waals surface area (Å²) >= 11 is 0. The van der Waals surface area contributed by atoms with Crippen molar-refractivity contribution in [1.29, 1.82) is 0 Å². The number of methoxy groups -OCH3 is 2. The molecule has 1 aromatic carbocycles. The maximum Gasteiger partial charge on any atom is 0.169 e. The zero-order chi connectivity index (χ0) is 13.5. The average molecular weight is 264 g/mol. The highest BCUT2D eigenvalue weighted by Crippen LogP contribution is 2.20. The Balaban J connectivity index is 1.78. The number of rotatable bonds is 7. The van der Waals surface area contributed by atoms with Gasteiger partial charge in [-0.1, -0.05) is 12.1 Å². The first-order chi connectivity index (χ1) is 9.33. The summed E-state index contributed by atoms with van der Waals surface area (Å²) in [6, 6.07) is 8.81. The van der Waals surface area contributed by atoms with Crippen LogP contribution in [0.5, 0.6) is 0 Å². The highest BCUT2D eigenvalue weighted by atomic mass is 16.7. The fraction of sp³-hybridized carbons (Fsp3) is 0.600. The third-order valence-electron chi connectivity index (χ3n) is 3.57. The van der Waals surface area contributed by atoms with Gasteiger partial charge in [0.05, 0.1) is 0 Å². The van der Waals surface area contributed by atoms with Crippen molar-refractivity contribution in [3.05, 3.63) is 29.8 Å². The van der Waals surface area contributed by atoms with Crippen molar-refractivity contribution in [3.8, 4) is 0 Å². The van der Waals surface area contributed by atoms with Gasteiger partial charge in [0.2, 0.25) is 0 Å². The van der Waals surface area contributed by atoms with Crippen molar-refractivity contribution in [2.45, 2.75) is 25.7 Å². The van der Waals surface area contributed by atoms with Crippen molar-refractivity contribution in [2.24, 2.45) is 0 Å². The van der Waals surface area contributed by atoms with Crippen LogP contribution in [0.25, 0.3) is 0 Å². The van der Waals surface area contributed by atoms with Crippen molar-refractivity contribution in [3.63, 3.8) is 0 Å². The van der Waals surface area contributed by atoms with E-state index < -0.39 is 0 Å². The molecule has 1 fully saturated rings. The van der Waals surface area contributed by atoms with E-state index in [2.05, 4.69) is 34.5 Å². The van der Waals surface area contributed by atoms with Gasteiger partial charge in [-0.3, -0.25) is 0 Å². The Labute approximate surface area is 115 Å². The molecule has 2 rings (SSSR count). The predicted octanol–water partition coefficient (Wildman–Crippen LogP) is 2.00. The summed E-state index contributed by atoms with van der Waals surface area (Å²) in [5, 5.41) is 3.33. The molecule has 0 bridgehead atoms. The Morgan fingerprint density at radius 1 is 1.11 bits per heavy atom. The molecule has 1 aliphatic rings. The van der Waals surface area contributed by atoms with Crippen molar-refractivity contribution in [1.82, 2.24) is 5.32 Å². The Morgan fingerprint density at radius 2 is 1.74 bits per heavy atom. The normalized spacial score (nSPS) is 15.4. The number of ether oxygens (including phenoxy) is 2. The lowest BCUT2D eigenvalue weighted by molar-refractivity contribution is -0.0989. The van der Waals surface area contributed by atoms with Crippen molar-refractivity contribution < 1.29 is 9.47 Å². The number of benzene rings is 1. The molecule has 106 valence electrons. The minimum atomic E-state index is -0.177. The molecule has 0 aromatic heterocycles. The van der Waals surface area contributed by atoms with Gasteiger partial charge in [0.25, 0.3) is 0 Å². The predicted molar refractivity (Wildman–Crippen MR) is 77.4 cm³/mol. The zero-order valence-electron chi connectivity index (χ0n) is 11.9. The van der Waals surface area contributed by atoms with Crippen LogP contribution in [-0.4, -0.2) is 40.1 Å². The van der Waals surface area contributed by atoms with E-state index in [-0.39, 0.29) is 6.29 Å². The van der Waals surface area contributed by atoms with Crippen LogP contribution >= 0.6 is 0 Å². The molecule has 1 N–H and O–H groups in total. The lowest BCUT2D eigenvalue weighted by Crippen LogP contribution is -2.29. The van der Waals surface area contributed by atoms with E-state index in [1.54, 1.807) is 14.2 Å². The van der Waals surface area contributed by atoms with Gasteiger partial charge in [-0.2, -0.15) is 0 Å². The lowest BCUT2D eigenvalue weighted by atomic mass is 10.2. The van der Waals surface area contributed by atoms with Gasteiger partial charge in [0.1, 0.15) is 0 Å². The van der Waals surface area contributed by atoms with Crippen LogP contribution in [0, 0.1) is 0 Å². The summed E-state index contributed by atoms with van der Waals surface area (Å²) in [4.78, 5) is 2.45. The van der Waals surface area contributed by atoms with E-state index in [1.165, 1.54) is 37.2 Å². The van der Waals surface area contributed by atoms with Crippen LogP contribution in [-0.2, 0) is 16.0 Å². The second-order valence-electron chi connectivity index (χ2n) is 4.89. The SMILES string of the molecule is COC(CNCc1ccc(N2CCCC2)cc1)OC. The van der Waals surface area contributed by atoms with E-state index in [1.807, 2.05) is 0 Å². The quantitative estimate of drug-likeness (QED) is 0.764. The largest absolute Gasteiger partial charge is 0.372 e. The van der Waals surface area contributed by atoms with E-state index in [9.17, 15) is 0 Å². The fourth-order valence-electron chi connectivity index (χ4n) is 2.40. The topological polar surface area (TPSA) is 33.7 Å². The lowest BCUT2D eigenvalue weighted by Gasteiger charge is -2.18. The van der Waals surface area contributed by atoms with Crippen LogP contribution in [0.1, 0.15) is 18.4 Å². The van der Waals surface area contributed by atoms with E-state index >= 15 is 0 Å². The molecule has 0 amide bonds. The summed E-state index contributed by atoms with van der Waals surface area (Å²) in [5.74, 6) is 0. The number of hydrogen-bond acceptors (Lipinski definition) is 4. The smallest absolute Gasteiger partial charge is 0.169 e. The molecule has 4 heteroatoms. The molecule has 0 aliphatic carbocycles. The van der Waals surface area contributed by atoms with Gasteiger partial charge in [-0.25, -0.2) is 0 Å². The first-order valence-electron chi connectivity index (χ1n) is 6.93. The Hall–Kier alpha value is -1.10. The molecule has 0 radical (unpaired) electrons. The highest BCUT2D eigenvalue weighted by Gasteiger charge is 2.11. The van der Waals surface area contributed by atoms with Crippen LogP contribution in [0.3, 0.4) is 0 Å². The maximum atomic E-state index is 5.13. The molecule has 0 saturated carbocycles. The van der Waals surface area contributed by atoms with Crippen LogP contribution in [0.4, 0.5) is 5.69 Å². The summed E-state index contributed by atoms with van der Waals surface area (Å²) in [6.07, 6.45) is 2.46. The van der Waals surface area contributed by atoms with Crippen LogP contribution < -0.4 is 10.2 Å². The van der Waals surface area contributed by atoms with Gasteiger partial charge >= 0.3 is 0 Å². The third kappa shape index (κ3) is 4.20. The van der Waals surface area contributed by atoms with E-state index in [4.69, 9.17) is 9.47 Å². The number of anilines is 1. The second-order valence-corrected chi connectivity index (χ2v) is 4.89. The fourth-order valence-corrected chi connectivity index (χ4v) is 2.40. The molecule has 0 spiro atoms. The van der Waals surface area contributed by atoms with E-state index in [0.717, 1.165) is 6.54 Å². The van der Waals surface area contributed by atoms with Crippen LogP contribution in [0.15, 0.2) is 24.3 Å². The number of nitrogens with zero attached hydrogens (tertiary/aromatic N) is 1. The Bertz CT molecular complexity index is 357. The maximum absolute atomic E-state index is 5.13. The molecule has 4 nitrogen and oxygen atoms in total. The summed E-state index contributed by atoms with van der Waals surface area (Å²) in [6.45, 7) is 3.92. The Kier molecular flexibility index (Phi) is 5.63. The number of nitrogens with one attached hydrogen (secondary N) is 1. The molecule has 0 unspecified atom stereocenters. The van der Waals surface area contributed by atoms with Crippen molar-refractivity contribution in [2.75, 3.05) is 38.8 Å². The molecule has 1 heterocycles. The van der Waals surface area contributed by atoms with Gasteiger partial charge in [0.15, 0.2) is 6.29 Å². The zero-order valence-corrected chi connectivity index (χ0v) is 11.9. The first-order valence-corrected chi connectivity index (χ1v) is 6.93. The third-order valence-corrected chi connectivity index (χ3v) is 3.57. The molecular weight excluding hydrogens is 240 g/mol. The molecular formula is C15H24N2O2. The minimum absolute atomic E-state index is 0.177. The summed E-state index contributed by atoms with van der Waals surface area (Å²) in [7, 11) is 3.31. The van der Waals surface area contributed by atoms with Crippen LogP contribution in [0.2, 0.25) is 0 Å². The van der Waals surface area contributed by atoms with Gasteiger partial charge in [-0.15, -0.1) is 0 Å². The average Bonchev–Trinajstić information content (AvgIpc) is 2.98. The standard InChI is InChI=1S/C15H24N2O2/c1-18-15(19-2)12-16-11-13-5-7-14(8-6-13)17-9-3-4-10-17/h5-8,15-16H,3-4,9-12H2,1-2H3. The monoisotopic (exact) mass is 264 g/mol. The molecule has 1 saturated heterocycles. The summed E-state index contributed by atoms with van der Waals surface area (Å²) in [5.41, 5.74) is 2.63. The minimum Gasteiger partial charge on any atom is -0.372 e. The highest BCUT2D eigenvalue weighted by molar-refractivity contribution is 5.48. The van der Waals surface area contributed by atoms with Gasteiger partial charge in [-0.05, 0) is 30.5 Å². The molecule has 1 aromatic rings. The molecule has 1 aliphatic heterocycles. The van der Waals surface area contributed by atoms with Gasteiger partial charge < -0.3 is 19.7 Å². The summed E-state index contributed by atoms with van der Waals surface area (Å²) < 4.78 is 10.3. The molecule has 19 heavy (non-hydrogen) atoms. The Morgan fingerprint density at radius 3 is 2.32 bits per heavy atom. The van der Waals surface area contributed by atoms with Crippen molar-refractivity contribution >= 4 is 5.69 Å². The first kappa shape index (κ1) is 14.3. The number of hydrogen-bond donors (Lipinski definition) is 1. The van der Waals surface area contributed by atoms with E-state index in [0.29, 0.717) is 6.54 Å². The van der Waals surface area contributed by atoms with Gasteiger partial charge in [0, 0.05) is 46.1 Å².